The number of halogens is 3. The maximum Gasteiger partial charge on any atom is 0.415 e. The Labute approximate surface area is 82.4 Å². The van der Waals surface area contributed by atoms with E-state index in [2.05, 4.69) is 14.8 Å². The van der Waals surface area contributed by atoms with E-state index in [0.29, 0.717) is 0 Å². The van der Waals surface area contributed by atoms with Crippen LogP contribution in [0.5, 0.6) is 0 Å². The Morgan fingerprint density at radius 1 is 1.33 bits per heavy atom. The summed E-state index contributed by atoms with van der Waals surface area (Å²) < 4.78 is 37.2. The monoisotopic (exact) mass is 211 g/mol. The normalized spacial score (nSPS) is 11.6. The van der Waals surface area contributed by atoms with Gasteiger partial charge < -0.3 is 4.98 Å². The van der Waals surface area contributed by atoms with Gasteiger partial charge in [0.25, 0.3) is 0 Å². The summed E-state index contributed by atoms with van der Waals surface area (Å²) in [6, 6.07) is 1.74. The Morgan fingerprint density at radius 3 is 2.67 bits per heavy atom. The fourth-order valence-corrected chi connectivity index (χ4v) is 1.28. The molecule has 1 N–H and O–H groups in total. The molecule has 0 aliphatic rings. The van der Waals surface area contributed by atoms with Crippen molar-refractivity contribution in [3.63, 3.8) is 0 Å². The van der Waals surface area contributed by atoms with Crippen molar-refractivity contribution in [3.05, 3.63) is 35.4 Å². The molecule has 76 valence electrons. The van der Waals surface area contributed by atoms with Crippen molar-refractivity contribution in [1.82, 2.24) is 9.97 Å². The van der Waals surface area contributed by atoms with Gasteiger partial charge in [0.2, 0.25) is 5.69 Å². The molecule has 0 fully saturated rings. The van der Waals surface area contributed by atoms with Gasteiger partial charge in [0.15, 0.2) is 0 Å². The van der Waals surface area contributed by atoms with Crippen LogP contribution in [0.15, 0.2) is 18.5 Å². The largest absolute Gasteiger partial charge is 0.415 e. The van der Waals surface area contributed by atoms with Gasteiger partial charge in [-0.05, 0) is 12.1 Å². The standard InChI is InChI=1S/C9H4F3N3/c1-13-6-2-5(9(10,11)12)3-7-8(6)15-4-14-7/h2-4H,(H,14,15). The van der Waals surface area contributed by atoms with Crippen LogP contribution >= 0.6 is 0 Å². The van der Waals surface area contributed by atoms with E-state index in [1.54, 1.807) is 0 Å². The lowest BCUT2D eigenvalue weighted by atomic mass is 10.1. The number of H-pyrrole nitrogens is 1. The van der Waals surface area contributed by atoms with E-state index < -0.39 is 11.7 Å². The Bertz CT molecular complexity index is 548. The zero-order chi connectivity index (χ0) is 11.1. The lowest BCUT2D eigenvalue weighted by molar-refractivity contribution is -0.137. The molecule has 3 nitrogen and oxygen atoms in total. The molecule has 2 rings (SSSR count). The highest BCUT2D eigenvalue weighted by atomic mass is 19.4. The highest BCUT2D eigenvalue weighted by molar-refractivity contribution is 5.89. The minimum atomic E-state index is -4.45. The SMILES string of the molecule is [C-]#[N+]c1cc(C(F)(F)F)cc2[nH]cnc12. The van der Waals surface area contributed by atoms with Crippen molar-refractivity contribution in [2.24, 2.45) is 0 Å². The molecular formula is C9H4F3N3. The predicted octanol–water partition coefficient (Wildman–Crippen LogP) is 3.13. The number of hydrogen-bond acceptors (Lipinski definition) is 1. The van der Waals surface area contributed by atoms with Crippen molar-refractivity contribution >= 4 is 16.7 Å². The molecule has 0 atom stereocenters. The number of nitrogens with one attached hydrogen (secondary N) is 1. The average Bonchev–Trinajstić information content (AvgIpc) is 2.62. The third-order valence-electron chi connectivity index (χ3n) is 1.95. The van der Waals surface area contributed by atoms with Gasteiger partial charge in [-0.3, -0.25) is 0 Å². The molecule has 0 saturated carbocycles. The maximum absolute atomic E-state index is 12.4. The van der Waals surface area contributed by atoms with Crippen molar-refractivity contribution in [1.29, 1.82) is 0 Å². The Hall–Kier alpha value is -2.03. The highest BCUT2D eigenvalue weighted by Crippen LogP contribution is 2.35. The van der Waals surface area contributed by atoms with Gasteiger partial charge in [-0.1, -0.05) is 0 Å². The second-order valence-corrected chi connectivity index (χ2v) is 2.90. The van der Waals surface area contributed by atoms with Gasteiger partial charge in [0.05, 0.1) is 23.9 Å². The number of hydrogen-bond donors (Lipinski definition) is 1. The molecule has 1 heterocycles. The molecule has 1 aromatic heterocycles. The number of imidazole rings is 1. The van der Waals surface area contributed by atoms with E-state index in [-0.39, 0.29) is 16.7 Å². The second-order valence-electron chi connectivity index (χ2n) is 2.90. The van der Waals surface area contributed by atoms with Gasteiger partial charge in [0.1, 0.15) is 0 Å². The van der Waals surface area contributed by atoms with Gasteiger partial charge in [-0.25, -0.2) is 9.83 Å². The van der Waals surface area contributed by atoms with Crippen molar-refractivity contribution in [3.8, 4) is 0 Å². The fourth-order valence-electron chi connectivity index (χ4n) is 1.28. The third kappa shape index (κ3) is 1.52. The highest BCUT2D eigenvalue weighted by Gasteiger charge is 2.31. The van der Waals surface area contributed by atoms with Crippen LogP contribution in [-0.4, -0.2) is 9.97 Å². The first-order valence-corrected chi connectivity index (χ1v) is 3.94. The van der Waals surface area contributed by atoms with E-state index in [9.17, 15) is 13.2 Å². The van der Waals surface area contributed by atoms with Crippen LogP contribution in [0.4, 0.5) is 18.9 Å². The molecule has 0 amide bonds. The minimum Gasteiger partial charge on any atom is -0.346 e. The number of alkyl halides is 3. The first kappa shape index (κ1) is 9.52. The van der Waals surface area contributed by atoms with Gasteiger partial charge in [-0.15, -0.1) is 0 Å². The number of aromatic nitrogens is 2. The summed E-state index contributed by atoms with van der Waals surface area (Å²) in [6.07, 6.45) is -3.18. The van der Waals surface area contributed by atoms with E-state index in [0.717, 1.165) is 12.1 Å². The van der Waals surface area contributed by atoms with Crippen molar-refractivity contribution in [2.75, 3.05) is 0 Å². The molecule has 0 unspecified atom stereocenters. The molecule has 0 saturated heterocycles. The van der Waals surface area contributed by atoms with Crippen LogP contribution in [0.1, 0.15) is 5.56 Å². The molecule has 1 aromatic carbocycles. The first-order chi connectivity index (χ1) is 7.02. The zero-order valence-corrected chi connectivity index (χ0v) is 7.26. The number of nitrogens with zero attached hydrogens (tertiary/aromatic N) is 2. The summed E-state index contributed by atoms with van der Waals surface area (Å²) in [5.41, 5.74) is -0.458. The fraction of sp³-hybridized carbons (Fsp3) is 0.111. The second kappa shape index (κ2) is 2.98. The van der Waals surface area contributed by atoms with E-state index in [1.807, 2.05) is 0 Å². The summed E-state index contributed by atoms with van der Waals surface area (Å²) in [7, 11) is 0. The lowest BCUT2D eigenvalue weighted by Gasteiger charge is -2.06. The van der Waals surface area contributed by atoms with Gasteiger partial charge in [-0.2, -0.15) is 13.2 Å². The molecule has 0 aliphatic heterocycles. The molecule has 0 radical (unpaired) electrons. The van der Waals surface area contributed by atoms with E-state index >= 15 is 0 Å². The number of benzene rings is 1. The van der Waals surface area contributed by atoms with Gasteiger partial charge in [0, 0.05) is 5.56 Å². The minimum absolute atomic E-state index is 0.0962. The van der Waals surface area contributed by atoms with E-state index in [4.69, 9.17) is 6.57 Å². The van der Waals surface area contributed by atoms with Gasteiger partial charge >= 0.3 is 6.18 Å². The molecule has 2 aromatic rings. The summed E-state index contributed by atoms with van der Waals surface area (Å²) in [6.45, 7) is 6.77. The van der Waals surface area contributed by atoms with Crippen LogP contribution in [0.25, 0.3) is 15.9 Å². The topological polar surface area (TPSA) is 33.0 Å². The quantitative estimate of drug-likeness (QED) is 0.667. The lowest BCUT2D eigenvalue weighted by Crippen LogP contribution is -2.04. The smallest absolute Gasteiger partial charge is 0.346 e. The van der Waals surface area contributed by atoms with Crippen LogP contribution in [0, 0.1) is 6.57 Å². The summed E-state index contributed by atoms with van der Waals surface area (Å²) in [5.74, 6) is 0. The number of aromatic amines is 1. The summed E-state index contributed by atoms with van der Waals surface area (Å²) in [4.78, 5) is 9.34. The summed E-state index contributed by atoms with van der Waals surface area (Å²) in [5, 5.41) is 0. The van der Waals surface area contributed by atoms with Crippen LogP contribution in [-0.2, 0) is 6.18 Å². The molecule has 0 aliphatic carbocycles. The van der Waals surface area contributed by atoms with Crippen molar-refractivity contribution < 1.29 is 13.2 Å². The maximum atomic E-state index is 12.4. The average molecular weight is 211 g/mol. The molecule has 0 bridgehead atoms. The van der Waals surface area contributed by atoms with E-state index in [1.165, 1.54) is 6.33 Å². The van der Waals surface area contributed by atoms with Crippen molar-refractivity contribution in [2.45, 2.75) is 6.18 Å². The third-order valence-corrected chi connectivity index (χ3v) is 1.95. The zero-order valence-electron chi connectivity index (χ0n) is 7.26. The molecule has 6 heteroatoms. The molecular weight excluding hydrogens is 207 g/mol. The Kier molecular flexibility index (Phi) is 1.89. The Balaban J connectivity index is 2.76. The summed E-state index contributed by atoms with van der Waals surface area (Å²) >= 11 is 0. The number of rotatable bonds is 0. The van der Waals surface area contributed by atoms with Crippen LogP contribution in [0.2, 0.25) is 0 Å². The molecule has 0 spiro atoms. The van der Waals surface area contributed by atoms with Crippen LogP contribution < -0.4 is 0 Å². The van der Waals surface area contributed by atoms with Crippen LogP contribution in [0.3, 0.4) is 0 Å². The number of fused-ring (bicyclic) bond motifs is 1. The molecule has 15 heavy (non-hydrogen) atoms. The first-order valence-electron chi connectivity index (χ1n) is 3.94. The Morgan fingerprint density at radius 2 is 2.07 bits per heavy atom. The predicted molar refractivity (Wildman–Crippen MR) is 47.4 cm³/mol.